The number of benzene rings is 4. The van der Waals surface area contributed by atoms with Crippen LogP contribution < -0.4 is 20.5 Å². The molecular formula is C39H48NO5PPdS. The van der Waals surface area contributed by atoms with Crippen molar-refractivity contribution in [3.8, 4) is 33.8 Å². The number of anilines is 1. The van der Waals surface area contributed by atoms with E-state index in [4.69, 9.17) is 28.2 Å². The van der Waals surface area contributed by atoms with Gasteiger partial charge in [-0.15, -0.1) is 35.9 Å². The van der Waals surface area contributed by atoms with Crippen molar-refractivity contribution in [3.63, 3.8) is 0 Å². The monoisotopic (exact) mass is 779 g/mol. The third kappa shape index (κ3) is 11.7. The zero-order chi connectivity index (χ0) is 33.6. The second-order valence-corrected chi connectivity index (χ2v) is 16.3. The Kier molecular flexibility index (Phi) is 16.6. The Labute approximate surface area is 303 Å². The third-order valence-corrected chi connectivity index (χ3v) is 12.3. The normalized spacial score (nSPS) is 15.2. The predicted molar refractivity (Wildman–Crippen MR) is 196 cm³/mol. The van der Waals surface area contributed by atoms with Crippen LogP contribution in [0, 0.1) is 6.07 Å². The van der Waals surface area contributed by atoms with Crippen LogP contribution in [-0.2, 0) is 30.5 Å². The van der Waals surface area contributed by atoms with E-state index < -0.39 is 10.1 Å². The molecule has 48 heavy (non-hydrogen) atoms. The summed E-state index contributed by atoms with van der Waals surface area (Å²) in [5.74, 6) is 1.83. The first kappa shape index (κ1) is 39.7. The summed E-state index contributed by atoms with van der Waals surface area (Å²) in [6.07, 6.45) is 14.8. The Hall–Kier alpha value is -2.72. The first-order valence-electron chi connectivity index (χ1n) is 16.5. The number of hydrogen-bond donors (Lipinski definition) is 1. The van der Waals surface area contributed by atoms with Gasteiger partial charge in [-0.2, -0.15) is 0 Å². The molecule has 2 fully saturated rings. The summed E-state index contributed by atoms with van der Waals surface area (Å²) in [6.45, 7) is 0. The van der Waals surface area contributed by atoms with E-state index in [1.807, 2.05) is 54.6 Å². The molecule has 0 amide bonds. The van der Waals surface area contributed by atoms with E-state index in [0.29, 0.717) is 6.26 Å². The topological polar surface area (TPSA) is 102 Å². The van der Waals surface area contributed by atoms with Gasteiger partial charge in [-0.25, -0.2) is 8.42 Å². The maximum absolute atomic E-state index is 9.08. The van der Waals surface area contributed by atoms with E-state index in [2.05, 4.69) is 42.5 Å². The second kappa shape index (κ2) is 20.1. The van der Waals surface area contributed by atoms with E-state index in [1.165, 1.54) is 69.8 Å². The van der Waals surface area contributed by atoms with Crippen LogP contribution in [0.5, 0.6) is 11.5 Å². The SMILES string of the molecule is COc1cccc(OC)c1-c1ccccc1P(C1CCCCC1)C1CCCCC1.CS(=O)(=O)[O-].Nc1ccccc1-c1[c-]cccc1.[Pd+2]. The fourth-order valence-electron chi connectivity index (χ4n) is 6.74. The van der Waals surface area contributed by atoms with Crippen molar-refractivity contribution in [2.75, 3.05) is 26.2 Å². The van der Waals surface area contributed by atoms with Crippen molar-refractivity contribution < 1.29 is 42.9 Å². The van der Waals surface area contributed by atoms with Gasteiger partial charge in [0.1, 0.15) is 11.5 Å². The van der Waals surface area contributed by atoms with Gasteiger partial charge in [0.25, 0.3) is 0 Å². The van der Waals surface area contributed by atoms with E-state index in [9.17, 15) is 0 Å². The van der Waals surface area contributed by atoms with Crippen molar-refractivity contribution in [1.29, 1.82) is 0 Å². The van der Waals surface area contributed by atoms with Crippen molar-refractivity contribution in [2.45, 2.75) is 75.5 Å². The molecule has 9 heteroatoms. The zero-order valence-corrected chi connectivity index (χ0v) is 31.4. The van der Waals surface area contributed by atoms with Crippen molar-refractivity contribution >= 4 is 29.0 Å². The minimum absolute atomic E-state index is 0. The quantitative estimate of drug-likeness (QED) is 0.0661. The summed E-state index contributed by atoms with van der Waals surface area (Å²) >= 11 is 0. The predicted octanol–water partition coefficient (Wildman–Crippen LogP) is 9.04. The molecule has 4 aromatic carbocycles. The molecule has 6 rings (SSSR count). The van der Waals surface area contributed by atoms with E-state index in [0.717, 1.165) is 45.2 Å². The van der Waals surface area contributed by atoms with E-state index >= 15 is 0 Å². The fourth-order valence-corrected chi connectivity index (χ4v) is 10.7. The molecule has 2 saturated carbocycles. The molecule has 4 aromatic rings. The standard InChI is InChI=1S/C26H35O2P.C12H10N.CH4O3S.Pd/c1-27-23-17-11-18-24(28-2)26(23)22-16-9-10-19-25(22)29(20-12-5-3-6-13-20)21-14-7-4-8-15-21;13-12-9-5-4-8-11(12)10-6-2-1-3-7-10;1-5(2,3)4;/h9-11,16-21H,3-8,12-15H2,1-2H3;1-6,8-9H,13H2;1H3,(H,2,3,4);/q;-1;;+2/p-1. The van der Waals surface area contributed by atoms with Crippen molar-refractivity contribution in [3.05, 3.63) is 97.1 Å². The molecule has 0 spiro atoms. The summed E-state index contributed by atoms with van der Waals surface area (Å²) in [4.78, 5) is 0. The van der Waals surface area contributed by atoms with E-state index in [1.54, 1.807) is 19.5 Å². The van der Waals surface area contributed by atoms with Gasteiger partial charge < -0.3 is 19.8 Å². The smallest absolute Gasteiger partial charge is 0.748 e. The number of ether oxygens (including phenoxy) is 2. The molecule has 6 nitrogen and oxygen atoms in total. The summed E-state index contributed by atoms with van der Waals surface area (Å²) in [7, 11) is -0.559. The third-order valence-electron chi connectivity index (χ3n) is 8.78. The van der Waals surface area contributed by atoms with Crippen LogP contribution in [0.3, 0.4) is 0 Å². The molecule has 0 radical (unpaired) electrons. The number of hydrogen-bond acceptors (Lipinski definition) is 6. The Morgan fingerprint density at radius 3 is 1.67 bits per heavy atom. The van der Waals surface area contributed by atoms with Gasteiger partial charge in [0.05, 0.1) is 29.9 Å². The van der Waals surface area contributed by atoms with Crippen LogP contribution in [-0.4, -0.2) is 44.8 Å². The Morgan fingerprint density at radius 2 is 1.19 bits per heavy atom. The summed E-state index contributed by atoms with van der Waals surface area (Å²) in [5, 5.41) is 1.59. The largest absolute Gasteiger partial charge is 2.00 e. The van der Waals surface area contributed by atoms with Gasteiger partial charge in [0.15, 0.2) is 0 Å². The fraction of sp³-hybridized carbons (Fsp3) is 0.385. The van der Waals surface area contributed by atoms with Crippen LogP contribution in [0.2, 0.25) is 0 Å². The van der Waals surface area contributed by atoms with Crippen LogP contribution in [0.1, 0.15) is 64.2 Å². The Morgan fingerprint density at radius 1 is 0.708 bits per heavy atom. The van der Waals surface area contributed by atoms with Crippen LogP contribution in [0.4, 0.5) is 5.69 Å². The minimum atomic E-state index is -3.92. The number of methoxy groups -OCH3 is 2. The van der Waals surface area contributed by atoms with Gasteiger partial charge in [-0.1, -0.05) is 101 Å². The molecule has 0 aromatic heterocycles. The second-order valence-electron chi connectivity index (χ2n) is 12.1. The molecule has 0 saturated heterocycles. The number of nitrogen functional groups attached to an aromatic ring is 1. The van der Waals surface area contributed by atoms with Crippen LogP contribution >= 0.6 is 7.92 Å². The first-order valence-corrected chi connectivity index (χ1v) is 19.8. The minimum Gasteiger partial charge on any atom is -0.748 e. The number of rotatable bonds is 7. The first-order chi connectivity index (χ1) is 22.7. The van der Waals surface area contributed by atoms with Gasteiger partial charge in [0, 0.05) is 6.26 Å². The molecule has 2 aliphatic carbocycles. The van der Waals surface area contributed by atoms with Crippen molar-refractivity contribution in [1.82, 2.24) is 0 Å². The zero-order valence-electron chi connectivity index (χ0n) is 28.2. The summed E-state index contributed by atoms with van der Waals surface area (Å²) < 4.78 is 38.8. The molecular weight excluding hydrogens is 732 g/mol. The van der Waals surface area contributed by atoms with Gasteiger partial charge in [0.2, 0.25) is 0 Å². The number of nitrogens with two attached hydrogens (primary N) is 1. The van der Waals surface area contributed by atoms with Crippen LogP contribution in [0.25, 0.3) is 22.3 Å². The molecule has 260 valence electrons. The van der Waals surface area contributed by atoms with Gasteiger partial charge in [-0.3, -0.25) is 0 Å². The van der Waals surface area contributed by atoms with E-state index in [-0.39, 0.29) is 28.3 Å². The maximum Gasteiger partial charge on any atom is 2.00 e. The summed E-state index contributed by atoms with van der Waals surface area (Å²) in [5.41, 5.74) is 12.9. The Bertz CT molecular complexity index is 1590. The molecule has 0 heterocycles. The molecule has 0 unspecified atom stereocenters. The average Bonchev–Trinajstić information content (AvgIpc) is 3.09. The molecule has 0 atom stereocenters. The molecule has 0 bridgehead atoms. The maximum atomic E-state index is 9.08. The summed E-state index contributed by atoms with van der Waals surface area (Å²) in [6, 6.07) is 34.1. The molecule has 2 aliphatic rings. The molecule has 2 N–H and O–H groups in total. The van der Waals surface area contributed by atoms with Crippen molar-refractivity contribution in [2.24, 2.45) is 0 Å². The molecule has 0 aliphatic heterocycles. The Balaban J connectivity index is 0.000000272. The van der Waals surface area contributed by atoms with Gasteiger partial charge >= 0.3 is 20.4 Å². The number of para-hydroxylation sites is 1. The average molecular weight is 780 g/mol. The van der Waals surface area contributed by atoms with Gasteiger partial charge in [-0.05, 0) is 71.8 Å². The van der Waals surface area contributed by atoms with Crippen LogP contribution in [0.15, 0.2) is 91.0 Å².